The molecular formula is C15H17ClN2O3. The molecule has 1 heterocycles. The van der Waals surface area contributed by atoms with Gasteiger partial charge in [-0.2, -0.15) is 0 Å². The van der Waals surface area contributed by atoms with E-state index in [9.17, 15) is 4.79 Å². The van der Waals surface area contributed by atoms with Crippen LogP contribution >= 0.6 is 11.6 Å². The van der Waals surface area contributed by atoms with E-state index in [1.54, 1.807) is 18.2 Å². The van der Waals surface area contributed by atoms with Gasteiger partial charge in [0.2, 0.25) is 5.76 Å². The highest BCUT2D eigenvalue weighted by atomic mass is 35.5. The lowest BCUT2D eigenvalue weighted by molar-refractivity contribution is 0.0908. The standard InChI is InChI=1S/C15H17ClN2O3/c1-10(5-6-19)9-17-15(20)14-8-13(18-21-14)11-3-2-4-12(16)7-11/h2-4,7-8,10,19H,5-6,9H2,1H3,(H,17,20). The highest BCUT2D eigenvalue weighted by molar-refractivity contribution is 6.30. The van der Waals surface area contributed by atoms with Crippen molar-refractivity contribution in [2.45, 2.75) is 13.3 Å². The van der Waals surface area contributed by atoms with E-state index in [2.05, 4.69) is 10.5 Å². The Morgan fingerprint density at radius 1 is 1.48 bits per heavy atom. The number of halogens is 1. The topological polar surface area (TPSA) is 75.4 Å². The number of hydrogen-bond acceptors (Lipinski definition) is 4. The maximum absolute atomic E-state index is 11.9. The molecule has 1 unspecified atom stereocenters. The summed E-state index contributed by atoms with van der Waals surface area (Å²) in [5.41, 5.74) is 1.35. The van der Waals surface area contributed by atoms with E-state index in [1.165, 1.54) is 0 Å². The van der Waals surface area contributed by atoms with Gasteiger partial charge in [0.1, 0.15) is 5.69 Å². The van der Waals surface area contributed by atoms with Crippen molar-refractivity contribution in [3.63, 3.8) is 0 Å². The number of aliphatic hydroxyl groups excluding tert-OH is 1. The first-order chi connectivity index (χ1) is 10.1. The van der Waals surface area contributed by atoms with Crippen molar-refractivity contribution >= 4 is 17.5 Å². The Bertz CT molecular complexity index is 612. The van der Waals surface area contributed by atoms with Crippen molar-refractivity contribution in [1.29, 1.82) is 0 Å². The Hall–Kier alpha value is -1.85. The van der Waals surface area contributed by atoms with E-state index >= 15 is 0 Å². The molecule has 5 nitrogen and oxygen atoms in total. The Morgan fingerprint density at radius 3 is 3.00 bits per heavy atom. The minimum absolute atomic E-state index is 0.109. The van der Waals surface area contributed by atoms with Gasteiger partial charge in [0, 0.05) is 29.8 Å². The number of hydrogen-bond donors (Lipinski definition) is 2. The summed E-state index contributed by atoms with van der Waals surface area (Å²) in [6, 6.07) is 8.75. The molecule has 0 aliphatic rings. The molecule has 0 saturated carbocycles. The molecule has 6 heteroatoms. The summed E-state index contributed by atoms with van der Waals surface area (Å²) in [5.74, 6) is 0.0380. The van der Waals surface area contributed by atoms with Gasteiger partial charge in [0.05, 0.1) is 0 Å². The molecule has 0 saturated heterocycles. The summed E-state index contributed by atoms with van der Waals surface area (Å²) in [7, 11) is 0. The van der Waals surface area contributed by atoms with Crippen molar-refractivity contribution in [2.75, 3.05) is 13.2 Å². The lowest BCUT2D eigenvalue weighted by Gasteiger charge is -2.09. The van der Waals surface area contributed by atoms with Gasteiger partial charge in [-0.25, -0.2) is 0 Å². The lowest BCUT2D eigenvalue weighted by atomic mass is 10.1. The molecule has 2 rings (SSSR count). The van der Waals surface area contributed by atoms with Crippen LogP contribution in [-0.2, 0) is 0 Å². The van der Waals surface area contributed by atoms with Crippen LogP contribution in [0.2, 0.25) is 5.02 Å². The fraction of sp³-hybridized carbons (Fsp3) is 0.333. The van der Waals surface area contributed by atoms with Crippen molar-refractivity contribution in [1.82, 2.24) is 10.5 Å². The Kier molecular flexibility index (Phi) is 5.36. The summed E-state index contributed by atoms with van der Waals surface area (Å²) >= 11 is 5.92. The SMILES string of the molecule is CC(CCO)CNC(=O)c1cc(-c2cccc(Cl)c2)no1. The van der Waals surface area contributed by atoms with Crippen molar-refractivity contribution in [3.8, 4) is 11.3 Å². The zero-order valence-electron chi connectivity index (χ0n) is 11.7. The van der Waals surface area contributed by atoms with Crippen LogP contribution in [-0.4, -0.2) is 29.3 Å². The third-order valence-electron chi connectivity index (χ3n) is 3.09. The van der Waals surface area contributed by atoms with Crippen LogP contribution in [0.4, 0.5) is 0 Å². The summed E-state index contributed by atoms with van der Waals surface area (Å²) in [4.78, 5) is 11.9. The number of aliphatic hydroxyl groups is 1. The van der Waals surface area contributed by atoms with E-state index in [1.807, 2.05) is 19.1 Å². The van der Waals surface area contributed by atoms with Crippen molar-refractivity contribution < 1.29 is 14.4 Å². The number of aromatic nitrogens is 1. The fourth-order valence-corrected chi connectivity index (χ4v) is 2.03. The van der Waals surface area contributed by atoms with E-state index in [0.717, 1.165) is 5.56 Å². The first kappa shape index (κ1) is 15.5. The minimum Gasteiger partial charge on any atom is -0.396 e. The summed E-state index contributed by atoms with van der Waals surface area (Å²) in [6.45, 7) is 2.54. The molecule has 0 radical (unpaired) electrons. The molecule has 1 aromatic carbocycles. The molecular weight excluding hydrogens is 292 g/mol. The van der Waals surface area contributed by atoms with Crippen LogP contribution in [0.5, 0.6) is 0 Å². The molecule has 0 bridgehead atoms. The molecule has 21 heavy (non-hydrogen) atoms. The van der Waals surface area contributed by atoms with Gasteiger partial charge in [-0.05, 0) is 24.5 Å². The number of benzene rings is 1. The predicted octanol–water partition coefficient (Wildman–Crippen LogP) is 2.74. The number of rotatable bonds is 6. The summed E-state index contributed by atoms with van der Waals surface area (Å²) in [5, 5.41) is 16.0. The number of carbonyl (C=O) groups is 1. The molecule has 2 N–H and O–H groups in total. The Morgan fingerprint density at radius 2 is 2.29 bits per heavy atom. The van der Waals surface area contributed by atoms with Gasteiger partial charge >= 0.3 is 0 Å². The van der Waals surface area contributed by atoms with Crippen molar-refractivity contribution in [2.24, 2.45) is 5.92 Å². The smallest absolute Gasteiger partial charge is 0.289 e. The second-order valence-electron chi connectivity index (χ2n) is 4.91. The van der Waals surface area contributed by atoms with E-state index in [-0.39, 0.29) is 24.2 Å². The molecule has 0 aliphatic carbocycles. The number of nitrogens with zero attached hydrogens (tertiary/aromatic N) is 1. The van der Waals surface area contributed by atoms with Crippen LogP contribution in [0.3, 0.4) is 0 Å². The first-order valence-electron chi connectivity index (χ1n) is 6.72. The van der Waals surface area contributed by atoms with Gasteiger partial charge in [-0.3, -0.25) is 4.79 Å². The largest absolute Gasteiger partial charge is 0.396 e. The normalized spacial score (nSPS) is 12.1. The molecule has 112 valence electrons. The second-order valence-corrected chi connectivity index (χ2v) is 5.35. The third-order valence-corrected chi connectivity index (χ3v) is 3.32. The summed E-state index contributed by atoms with van der Waals surface area (Å²) in [6.07, 6.45) is 0.643. The average Bonchev–Trinajstić information content (AvgIpc) is 2.95. The fourth-order valence-electron chi connectivity index (χ4n) is 1.84. The lowest BCUT2D eigenvalue weighted by Crippen LogP contribution is -2.28. The van der Waals surface area contributed by atoms with Gasteiger partial charge in [0.25, 0.3) is 5.91 Å². The van der Waals surface area contributed by atoms with Gasteiger partial charge in [-0.1, -0.05) is 35.8 Å². The number of nitrogens with one attached hydrogen (secondary N) is 1. The molecule has 0 spiro atoms. The second kappa shape index (κ2) is 7.24. The van der Waals surface area contributed by atoms with Gasteiger partial charge in [-0.15, -0.1) is 0 Å². The molecule has 0 fully saturated rings. The highest BCUT2D eigenvalue weighted by Gasteiger charge is 2.14. The third kappa shape index (κ3) is 4.31. The predicted molar refractivity (Wildman–Crippen MR) is 80.1 cm³/mol. The zero-order chi connectivity index (χ0) is 15.2. The van der Waals surface area contributed by atoms with Crippen LogP contribution in [0.25, 0.3) is 11.3 Å². The Balaban J connectivity index is 2.01. The maximum atomic E-state index is 11.9. The summed E-state index contributed by atoms with van der Waals surface area (Å²) < 4.78 is 5.06. The molecule has 1 atom stereocenters. The molecule has 1 aromatic heterocycles. The van der Waals surface area contributed by atoms with E-state index in [0.29, 0.717) is 23.7 Å². The number of amides is 1. The van der Waals surface area contributed by atoms with E-state index in [4.69, 9.17) is 21.2 Å². The molecule has 2 aromatic rings. The van der Waals surface area contributed by atoms with Crippen molar-refractivity contribution in [3.05, 3.63) is 41.1 Å². The molecule has 0 aliphatic heterocycles. The van der Waals surface area contributed by atoms with E-state index < -0.39 is 0 Å². The van der Waals surface area contributed by atoms with Crippen LogP contribution in [0.1, 0.15) is 23.9 Å². The monoisotopic (exact) mass is 308 g/mol. The maximum Gasteiger partial charge on any atom is 0.289 e. The highest BCUT2D eigenvalue weighted by Crippen LogP contribution is 2.22. The molecule has 1 amide bonds. The van der Waals surface area contributed by atoms with Crippen LogP contribution < -0.4 is 5.32 Å². The van der Waals surface area contributed by atoms with Gasteiger partial charge < -0.3 is 14.9 Å². The average molecular weight is 309 g/mol. The Labute approximate surface area is 127 Å². The quantitative estimate of drug-likeness (QED) is 0.860. The van der Waals surface area contributed by atoms with Crippen LogP contribution in [0.15, 0.2) is 34.9 Å². The van der Waals surface area contributed by atoms with Crippen LogP contribution in [0, 0.1) is 5.92 Å². The zero-order valence-corrected chi connectivity index (χ0v) is 12.4. The number of carbonyl (C=O) groups excluding carboxylic acids is 1. The first-order valence-corrected chi connectivity index (χ1v) is 7.09. The van der Waals surface area contributed by atoms with Gasteiger partial charge in [0.15, 0.2) is 0 Å². The minimum atomic E-state index is -0.319.